The van der Waals surface area contributed by atoms with Gasteiger partial charge in [0.25, 0.3) is 0 Å². The van der Waals surface area contributed by atoms with Gasteiger partial charge in [0.05, 0.1) is 5.69 Å². The van der Waals surface area contributed by atoms with E-state index in [0.717, 1.165) is 33.8 Å². The Balaban J connectivity index is 1.07. The SMILES string of the molecule is CC1(C)c2ccccc2-c2cc(-c3ccccc3)c(Nc3cccc(CNC(c4ccccc4)N(N)c4ccc(-c5ccccc5)cc4)c3)cc21. The molecule has 0 saturated carbocycles. The van der Waals surface area contributed by atoms with E-state index in [2.05, 4.69) is 188 Å². The molecule has 0 amide bonds. The highest BCUT2D eigenvalue weighted by atomic mass is 15.5. The number of hydrogen-bond acceptors (Lipinski definition) is 4. The Kier molecular flexibility index (Phi) is 8.71. The Morgan fingerprint density at radius 1 is 0.549 bits per heavy atom. The van der Waals surface area contributed by atoms with Gasteiger partial charge in [0.1, 0.15) is 6.17 Å². The van der Waals surface area contributed by atoms with Gasteiger partial charge in [-0.15, -0.1) is 0 Å². The summed E-state index contributed by atoms with van der Waals surface area (Å²) in [5.41, 5.74) is 15.3. The first-order valence-corrected chi connectivity index (χ1v) is 17.6. The van der Waals surface area contributed by atoms with Gasteiger partial charge in [0.2, 0.25) is 0 Å². The van der Waals surface area contributed by atoms with Crippen LogP contribution in [0.4, 0.5) is 17.1 Å². The summed E-state index contributed by atoms with van der Waals surface area (Å²) in [6, 6.07) is 62.1. The molecule has 51 heavy (non-hydrogen) atoms. The van der Waals surface area contributed by atoms with Gasteiger partial charge in [-0.2, -0.15) is 0 Å². The van der Waals surface area contributed by atoms with E-state index in [-0.39, 0.29) is 11.6 Å². The van der Waals surface area contributed by atoms with Crippen molar-refractivity contribution in [1.29, 1.82) is 0 Å². The highest BCUT2D eigenvalue weighted by Gasteiger charge is 2.36. The molecule has 7 aromatic carbocycles. The number of hydrazine groups is 1. The fourth-order valence-electron chi connectivity index (χ4n) is 7.45. The number of nitrogens with two attached hydrogens (primary N) is 1. The van der Waals surface area contributed by atoms with Crippen LogP contribution >= 0.6 is 0 Å². The first-order chi connectivity index (χ1) is 25.0. The third kappa shape index (κ3) is 6.43. The van der Waals surface area contributed by atoms with Crippen LogP contribution in [-0.2, 0) is 12.0 Å². The number of benzene rings is 7. The van der Waals surface area contributed by atoms with E-state index < -0.39 is 0 Å². The van der Waals surface area contributed by atoms with E-state index in [1.165, 1.54) is 38.9 Å². The van der Waals surface area contributed by atoms with E-state index >= 15 is 0 Å². The van der Waals surface area contributed by atoms with E-state index in [0.29, 0.717) is 6.54 Å². The highest BCUT2D eigenvalue weighted by Crippen LogP contribution is 2.51. The predicted octanol–water partition coefficient (Wildman–Crippen LogP) is 11.2. The lowest BCUT2D eigenvalue weighted by atomic mass is 9.82. The number of hydrogen-bond donors (Lipinski definition) is 3. The largest absolute Gasteiger partial charge is 0.355 e. The van der Waals surface area contributed by atoms with Gasteiger partial charge in [-0.1, -0.05) is 153 Å². The maximum atomic E-state index is 6.88. The zero-order valence-corrected chi connectivity index (χ0v) is 29.1. The third-order valence-corrected chi connectivity index (χ3v) is 10.2. The Labute approximate surface area is 301 Å². The summed E-state index contributed by atoms with van der Waals surface area (Å²) in [5, 5.41) is 9.40. The highest BCUT2D eigenvalue weighted by molar-refractivity contribution is 5.91. The zero-order valence-electron chi connectivity index (χ0n) is 29.1. The minimum absolute atomic E-state index is 0.0915. The fraction of sp³-hybridized carbons (Fsp3) is 0.106. The second-order valence-corrected chi connectivity index (χ2v) is 13.8. The number of fused-ring (bicyclic) bond motifs is 3. The molecule has 0 fully saturated rings. The molecule has 0 radical (unpaired) electrons. The van der Waals surface area contributed by atoms with Gasteiger partial charge in [0.15, 0.2) is 0 Å². The van der Waals surface area contributed by atoms with E-state index in [1.807, 2.05) is 17.1 Å². The first kappa shape index (κ1) is 32.3. The first-order valence-electron chi connectivity index (χ1n) is 17.6. The molecule has 4 nitrogen and oxygen atoms in total. The summed E-state index contributed by atoms with van der Waals surface area (Å²) in [6.07, 6.45) is -0.240. The number of nitrogens with one attached hydrogen (secondary N) is 2. The second-order valence-electron chi connectivity index (χ2n) is 13.8. The molecule has 0 aromatic heterocycles. The monoisotopic (exact) mass is 662 g/mol. The van der Waals surface area contributed by atoms with Crippen molar-refractivity contribution in [3.05, 3.63) is 198 Å². The van der Waals surface area contributed by atoms with Crippen LogP contribution in [0.5, 0.6) is 0 Å². The van der Waals surface area contributed by atoms with Crippen LogP contribution < -0.4 is 21.5 Å². The van der Waals surface area contributed by atoms with Gasteiger partial charge in [-0.25, -0.2) is 5.84 Å². The van der Waals surface area contributed by atoms with Crippen molar-refractivity contribution in [1.82, 2.24) is 5.32 Å². The zero-order chi connectivity index (χ0) is 34.8. The van der Waals surface area contributed by atoms with Crippen molar-refractivity contribution in [3.63, 3.8) is 0 Å². The van der Waals surface area contributed by atoms with Crippen molar-refractivity contribution < 1.29 is 0 Å². The lowest BCUT2D eigenvalue weighted by molar-refractivity contribution is 0.507. The van der Waals surface area contributed by atoms with Crippen LogP contribution in [0.2, 0.25) is 0 Å². The van der Waals surface area contributed by atoms with Crippen LogP contribution in [0.3, 0.4) is 0 Å². The maximum Gasteiger partial charge on any atom is 0.121 e. The predicted molar refractivity (Wildman–Crippen MR) is 214 cm³/mol. The number of anilines is 3. The molecular formula is C47H42N4. The van der Waals surface area contributed by atoms with Gasteiger partial charge in [-0.05, 0) is 86.5 Å². The quantitative estimate of drug-likeness (QED) is 0.0775. The van der Waals surface area contributed by atoms with E-state index in [1.54, 1.807) is 0 Å². The molecule has 0 saturated heterocycles. The molecule has 0 aliphatic heterocycles. The maximum absolute atomic E-state index is 6.88. The van der Waals surface area contributed by atoms with Crippen molar-refractivity contribution >= 4 is 17.1 Å². The third-order valence-electron chi connectivity index (χ3n) is 10.2. The van der Waals surface area contributed by atoms with Gasteiger partial charge < -0.3 is 5.32 Å². The average Bonchev–Trinajstić information content (AvgIpc) is 3.41. The molecule has 4 heteroatoms. The summed E-state index contributed by atoms with van der Waals surface area (Å²) < 4.78 is 0. The average molecular weight is 663 g/mol. The molecule has 1 aliphatic rings. The molecule has 0 heterocycles. The lowest BCUT2D eigenvalue weighted by Gasteiger charge is -2.31. The van der Waals surface area contributed by atoms with Crippen LogP contribution in [0.15, 0.2) is 176 Å². The minimum Gasteiger partial charge on any atom is -0.355 e. The number of rotatable bonds is 10. The molecule has 7 aromatic rings. The summed E-state index contributed by atoms with van der Waals surface area (Å²) >= 11 is 0. The molecular weight excluding hydrogens is 621 g/mol. The Morgan fingerprint density at radius 3 is 1.90 bits per heavy atom. The molecule has 0 bridgehead atoms. The second kappa shape index (κ2) is 13.8. The fourth-order valence-corrected chi connectivity index (χ4v) is 7.45. The van der Waals surface area contributed by atoms with Crippen LogP contribution in [0, 0.1) is 0 Å². The molecule has 250 valence electrons. The molecule has 8 rings (SSSR count). The van der Waals surface area contributed by atoms with Crippen molar-refractivity contribution in [2.24, 2.45) is 5.84 Å². The van der Waals surface area contributed by atoms with E-state index in [9.17, 15) is 0 Å². The molecule has 1 atom stereocenters. The standard InChI is InChI=1S/C47H42N4/c1-47(2)43-24-13-12-23-40(43)42-30-41(36-18-8-4-9-19-36)45(31-44(42)47)50-38-22-14-15-33(29-38)32-49-46(37-20-10-5-11-21-37)51(48)39-27-25-35(26-28-39)34-16-6-3-7-17-34/h3-31,46,49-50H,32,48H2,1-2H3. The Hall–Kier alpha value is -5.94. The molecule has 0 spiro atoms. The van der Waals surface area contributed by atoms with Crippen molar-refractivity contribution in [3.8, 4) is 33.4 Å². The van der Waals surface area contributed by atoms with Crippen LogP contribution in [0.1, 0.15) is 42.3 Å². The minimum atomic E-state index is -0.240. The Bertz CT molecular complexity index is 2260. The van der Waals surface area contributed by atoms with Crippen LogP contribution in [-0.4, -0.2) is 0 Å². The van der Waals surface area contributed by atoms with E-state index in [4.69, 9.17) is 5.84 Å². The van der Waals surface area contributed by atoms with Crippen molar-refractivity contribution in [2.75, 3.05) is 10.3 Å². The normalized spacial score (nSPS) is 13.2. The summed E-state index contributed by atoms with van der Waals surface area (Å²) in [7, 11) is 0. The molecule has 4 N–H and O–H groups in total. The molecule has 1 unspecified atom stereocenters. The lowest BCUT2D eigenvalue weighted by Crippen LogP contribution is -2.43. The molecule has 1 aliphatic carbocycles. The number of nitrogens with zero attached hydrogens (tertiary/aromatic N) is 1. The van der Waals surface area contributed by atoms with Gasteiger partial charge in [0, 0.05) is 28.9 Å². The summed E-state index contributed by atoms with van der Waals surface area (Å²) in [6.45, 7) is 5.29. The topological polar surface area (TPSA) is 53.3 Å². The van der Waals surface area contributed by atoms with Gasteiger partial charge >= 0.3 is 0 Å². The van der Waals surface area contributed by atoms with Crippen molar-refractivity contribution in [2.45, 2.75) is 32.0 Å². The smallest absolute Gasteiger partial charge is 0.121 e. The Morgan fingerprint density at radius 2 is 1.18 bits per heavy atom. The summed E-state index contributed by atoms with van der Waals surface area (Å²) in [4.78, 5) is 0. The van der Waals surface area contributed by atoms with Crippen LogP contribution in [0.25, 0.3) is 33.4 Å². The summed E-state index contributed by atoms with van der Waals surface area (Å²) in [5.74, 6) is 6.88. The van der Waals surface area contributed by atoms with Gasteiger partial charge in [-0.3, -0.25) is 10.3 Å².